The number of fused-ring (bicyclic) bond motifs is 1. The molecule has 1 N–H and O–H groups in total. The van der Waals surface area contributed by atoms with E-state index in [1.165, 1.54) is 53.3 Å². The highest BCUT2D eigenvalue weighted by molar-refractivity contribution is 5.96. The van der Waals surface area contributed by atoms with Gasteiger partial charge in [-0.3, -0.25) is 10.00 Å². The first kappa shape index (κ1) is 15.2. The molecule has 0 saturated heterocycles. The fourth-order valence-electron chi connectivity index (χ4n) is 4.46. The van der Waals surface area contributed by atoms with Crippen molar-refractivity contribution in [3.05, 3.63) is 54.2 Å². The lowest BCUT2D eigenvalue weighted by Crippen LogP contribution is -2.34. The molecule has 2 fully saturated rings. The molecule has 0 amide bonds. The van der Waals surface area contributed by atoms with Crippen molar-refractivity contribution < 1.29 is 0 Å². The van der Waals surface area contributed by atoms with E-state index in [1.54, 1.807) is 0 Å². The van der Waals surface area contributed by atoms with Crippen LogP contribution in [0, 0.1) is 11.8 Å². The fraction of sp³-hybridized carbons (Fsp3) is 0.409. The predicted molar refractivity (Wildman–Crippen MR) is 102 cm³/mol. The Morgan fingerprint density at radius 3 is 2.52 bits per heavy atom. The van der Waals surface area contributed by atoms with Crippen LogP contribution in [0.3, 0.4) is 0 Å². The first-order valence-corrected chi connectivity index (χ1v) is 9.52. The Morgan fingerprint density at radius 1 is 1.04 bits per heavy atom. The molecule has 1 aromatic heterocycles. The molecule has 0 aliphatic heterocycles. The number of nitrogens with one attached hydrogen (secondary N) is 1. The molecule has 1 heterocycles. The molecular weight excluding hydrogens is 306 g/mol. The van der Waals surface area contributed by atoms with Crippen molar-refractivity contribution >= 4 is 10.8 Å². The molecular formula is C22H25N3. The Labute approximate surface area is 149 Å². The Hall–Kier alpha value is -2.13. The highest BCUT2D eigenvalue weighted by atomic mass is 15.2. The van der Waals surface area contributed by atoms with E-state index >= 15 is 0 Å². The molecule has 2 aromatic carbocycles. The van der Waals surface area contributed by atoms with Crippen LogP contribution in [0.2, 0.25) is 0 Å². The van der Waals surface area contributed by atoms with Crippen LogP contribution in [-0.4, -0.2) is 28.2 Å². The third-order valence-corrected chi connectivity index (χ3v) is 5.92. The molecule has 2 aliphatic carbocycles. The van der Waals surface area contributed by atoms with Crippen molar-refractivity contribution in [3.8, 4) is 11.3 Å². The number of aromatic nitrogens is 2. The van der Waals surface area contributed by atoms with Gasteiger partial charge in [0.15, 0.2) is 0 Å². The van der Waals surface area contributed by atoms with Crippen LogP contribution in [0.4, 0.5) is 0 Å². The van der Waals surface area contributed by atoms with Crippen LogP contribution in [0.15, 0.2) is 48.7 Å². The molecule has 0 atom stereocenters. The number of hydrogen-bond acceptors (Lipinski definition) is 2. The summed E-state index contributed by atoms with van der Waals surface area (Å²) in [5.41, 5.74) is 3.74. The van der Waals surface area contributed by atoms with Crippen LogP contribution in [-0.2, 0) is 6.54 Å². The van der Waals surface area contributed by atoms with Gasteiger partial charge in [-0.25, -0.2) is 0 Å². The summed E-state index contributed by atoms with van der Waals surface area (Å²) in [6.07, 6.45) is 7.71. The summed E-state index contributed by atoms with van der Waals surface area (Å²) >= 11 is 0. The summed E-state index contributed by atoms with van der Waals surface area (Å²) in [6, 6.07) is 15.9. The summed E-state index contributed by atoms with van der Waals surface area (Å²) in [6.45, 7) is 0.979. The van der Waals surface area contributed by atoms with Gasteiger partial charge in [-0.05, 0) is 55.3 Å². The molecule has 2 saturated carbocycles. The molecule has 0 unspecified atom stereocenters. The van der Waals surface area contributed by atoms with E-state index in [0.717, 1.165) is 24.4 Å². The second kappa shape index (κ2) is 5.99. The molecule has 25 heavy (non-hydrogen) atoms. The smallest absolute Gasteiger partial charge is 0.0701 e. The van der Waals surface area contributed by atoms with Gasteiger partial charge in [0.2, 0.25) is 0 Å². The lowest BCUT2D eigenvalue weighted by molar-refractivity contribution is 0.187. The van der Waals surface area contributed by atoms with E-state index in [1.807, 2.05) is 6.20 Å². The van der Waals surface area contributed by atoms with Crippen molar-refractivity contribution in [3.63, 3.8) is 0 Å². The number of nitrogens with zero attached hydrogens (tertiary/aromatic N) is 2. The van der Waals surface area contributed by atoms with E-state index in [0.29, 0.717) is 0 Å². The second-order valence-electron chi connectivity index (χ2n) is 7.88. The quantitative estimate of drug-likeness (QED) is 0.700. The molecule has 3 heteroatoms. The molecule has 2 aliphatic rings. The summed E-state index contributed by atoms with van der Waals surface area (Å²) in [4.78, 5) is 2.59. The Morgan fingerprint density at radius 2 is 1.76 bits per heavy atom. The third-order valence-electron chi connectivity index (χ3n) is 5.92. The number of benzene rings is 2. The SMILES string of the molecule is CN(Cc1cn[nH]c1-c1cccc2ccccc12)C(C1CC1)C1CC1. The van der Waals surface area contributed by atoms with E-state index < -0.39 is 0 Å². The minimum absolute atomic E-state index is 0.773. The second-order valence-corrected chi connectivity index (χ2v) is 7.88. The van der Waals surface area contributed by atoms with Crippen molar-refractivity contribution in [1.82, 2.24) is 15.1 Å². The van der Waals surface area contributed by atoms with Crippen LogP contribution >= 0.6 is 0 Å². The molecule has 0 radical (unpaired) electrons. The van der Waals surface area contributed by atoms with Crippen molar-refractivity contribution in [2.24, 2.45) is 11.8 Å². The van der Waals surface area contributed by atoms with Gasteiger partial charge in [0.05, 0.1) is 11.9 Å². The van der Waals surface area contributed by atoms with Gasteiger partial charge >= 0.3 is 0 Å². The first-order chi connectivity index (χ1) is 12.3. The average Bonchev–Trinajstić information content (AvgIpc) is 3.56. The molecule has 3 aromatic rings. The van der Waals surface area contributed by atoms with Gasteiger partial charge in [-0.15, -0.1) is 0 Å². The monoisotopic (exact) mass is 331 g/mol. The van der Waals surface area contributed by atoms with E-state index in [4.69, 9.17) is 0 Å². The third kappa shape index (κ3) is 2.87. The Balaban J connectivity index is 1.47. The molecule has 0 bridgehead atoms. The maximum absolute atomic E-state index is 4.39. The topological polar surface area (TPSA) is 31.9 Å². The van der Waals surface area contributed by atoms with E-state index in [9.17, 15) is 0 Å². The van der Waals surface area contributed by atoms with E-state index in [-0.39, 0.29) is 0 Å². The molecule has 3 nitrogen and oxygen atoms in total. The minimum Gasteiger partial charge on any atom is -0.298 e. The summed E-state index contributed by atoms with van der Waals surface area (Å²) in [7, 11) is 2.31. The largest absolute Gasteiger partial charge is 0.298 e. The van der Waals surface area contributed by atoms with Crippen molar-refractivity contribution in [2.75, 3.05) is 7.05 Å². The average molecular weight is 331 g/mol. The highest BCUT2D eigenvalue weighted by Gasteiger charge is 2.43. The van der Waals surface area contributed by atoms with Gasteiger partial charge < -0.3 is 0 Å². The zero-order chi connectivity index (χ0) is 16.8. The maximum Gasteiger partial charge on any atom is 0.0701 e. The fourth-order valence-corrected chi connectivity index (χ4v) is 4.46. The summed E-state index contributed by atoms with van der Waals surface area (Å²) in [5.74, 6) is 1.87. The van der Waals surface area contributed by atoms with Crippen LogP contribution in [0.1, 0.15) is 31.2 Å². The lowest BCUT2D eigenvalue weighted by Gasteiger charge is -2.28. The Bertz CT molecular complexity index is 872. The maximum atomic E-state index is 4.39. The van der Waals surface area contributed by atoms with Gasteiger partial charge in [-0.2, -0.15) is 5.10 Å². The first-order valence-electron chi connectivity index (χ1n) is 9.52. The van der Waals surface area contributed by atoms with Gasteiger partial charge in [-0.1, -0.05) is 42.5 Å². The minimum atomic E-state index is 0.773. The van der Waals surface area contributed by atoms with Gasteiger partial charge in [0, 0.05) is 23.7 Å². The van der Waals surface area contributed by atoms with E-state index in [2.05, 4.69) is 64.6 Å². The summed E-state index contributed by atoms with van der Waals surface area (Å²) in [5, 5.41) is 10.2. The lowest BCUT2D eigenvalue weighted by atomic mass is 9.99. The van der Waals surface area contributed by atoms with Crippen LogP contribution in [0.5, 0.6) is 0 Å². The van der Waals surface area contributed by atoms with Gasteiger partial charge in [0.25, 0.3) is 0 Å². The number of hydrogen-bond donors (Lipinski definition) is 1. The zero-order valence-corrected chi connectivity index (χ0v) is 14.8. The number of aromatic amines is 1. The molecule has 0 spiro atoms. The highest BCUT2D eigenvalue weighted by Crippen LogP contribution is 2.47. The number of rotatable bonds is 6. The summed E-state index contributed by atoms with van der Waals surface area (Å²) < 4.78 is 0. The molecule has 128 valence electrons. The Kier molecular flexibility index (Phi) is 3.63. The normalized spacial score (nSPS) is 17.7. The molecule has 5 rings (SSSR count). The van der Waals surface area contributed by atoms with Crippen LogP contribution in [0.25, 0.3) is 22.0 Å². The standard InChI is InChI=1S/C22H25N3/c1-25(22(16-9-10-16)17-11-12-17)14-18-13-23-24-21(18)20-8-4-6-15-5-2-3-7-19(15)20/h2-8,13,16-17,22H,9-12,14H2,1H3,(H,23,24). The van der Waals surface area contributed by atoms with Crippen molar-refractivity contribution in [1.29, 1.82) is 0 Å². The van der Waals surface area contributed by atoms with Crippen molar-refractivity contribution in [2.45, 2.75) is 38.3 Å². The number of H-pyrrole nitrogens is 1. The predicted octanol–water partition coefficient (Wildman–Crippen LogP) is 4.85. The zero-order valence-electron chi connectivity index (χ0n) is 14.8. The van der Waals surface area contributed by atoms with Crippen LogP contribution < -0.4 is 0 Å². The van der Waals surface area contributed by atoms with Gasteiger partial charge in [0.1, 0.15) is 0 Å².